The van der Waals surface area contributed by atoms with Crippen LogP contribution in [0.5, 0.6) is 0 Å². The van der Waals surface area contributed by atoms with Crippen LogP contribution in [-0.2, 0) is 10.0 Å². The Morgan fingerprint density at radius 1 is 1.38 bits per heavy atom. The van der Waals surface area contributed by atoms with Crippen molar-refractivity contribution in [2.75, 3.05) is 0 Å². The molecule has 0 saturated heterocycles. The monoisotopic (exact) mass is 181 g/mol. The number of nitrogens with zero attached hydrogens (tertiary/aromatic N) is 2. The van der Waals surface area contributed by atoms with Crippen molar-refractivity contribution >= 4 is 6.08 Å². The highest BCUT2D eigenvalue weighted by Gasteiger charge is 2.46. The van der Waals surface area contributed by atoms with Gasteiger partial charge in [0.15, 0.2) is 0 Å². The lowest BCUT2D eigenvalue weighted by atomic mass is 10.0. The highest BCUT2D eigenvalue weighted by atomic mass is 16.5. The van der Waals surface area contributed by atoms with Crippen LogP contribution in [0, 0.1) is 0 Å². The van der Waals surface area contributed by atoms with Crippen molar-refractivity contribution in [1.29, 1.82) is 0 Å². The molecule has 0 saturated carbocycles. The molecule has 0 aromatic heterocycles. The zero-order valence-corrected chi connectivity index (χ0v) is 8.29. The predicted octanol–water partition coefficient (Wildman–Crippen LogP) is 1.42. The molecule has 1 aliphatic rings. The molecule has 13 heavy (non-hydrogen) atoms. The molecule has 0 spiro atoms. The predicted molar refractivity (Wildman–Crippen MR) is 46.9 cm³/mol. The van der Waals surface area contributed by atoms with Crippen LogP contribution in [0.3, 0.4) is 0 Å². The first-order chi connectivity index (χ1) is 5.82. The summed E-state index contributed by atoms with van der Waals surface area (Å²) >= 11 is 0. The number of hydrogen-bond donors (Lipinski definition) is 0. The minimum atomic E-state index is -0.735. The number of carbonyl (C=O) groups excluding carboxylic acids is 1. The molecule has 0 aromatic rings. The Labute approximate surface area is 77.5 Å². The van der Waals surface area contributed by atoms with Gasteiger partial charge >= 0.3 is 0 Å². The summed E-state index contributed by atoms with van der Waals surface area (Å²) in [4.78, 5) is 13.6. The minimum Gasteiger partial charge on any atom is -0.211 e. The maximum Gasteiger partial charge on any atom is 0.240 e. The Morgan fingerprint density at radius 3 is 2.23 bits per heavy atom. The Hall–Kier alpha value is -0.960. The van der Waals surface area contributed by atoms with Crippen molar-refractivity contribution in [3.8, 4) is 0 Å². The van der Waals surface area contributed by atoms with Gasteiger partial charge in [0.2, 0.25) is 6.08 Å². The zero-order chi connectivity index (χ0) is 10.3. The molecule has 0 bridgehead atoms. The van der Waals surface area contributed by atoms with E-state index in [1.807, 2.05) is 0 Å². The van der Waals surface area contributed by atoms with Crippen LogP contribution in [0.2, 0.25) is 0 Å². The number of isocyanates is 1. The van der Waals surface area contributed by atoms with E-state index in [4.69, 9.17) is 0 Å². The number of hydroxylamine groups is 2. The van der Waals surface area contributed by atoms with E-state index in [1.54, 1.807) is 33.8 Å². The van der Waals surface area contributed by atoms with E-state index in [1.165, 1.54) is 6.08 Å². The summed E-state index contributed by atoms with van der Waals surface area (Å²) in [7, 11) is 0. The van der Waals surface area contributed by atoms with E-state index in [9.17, 15) is 10.0 Å². The highest BCUT2D eigenvalue weighted by molar-refractivity contribution is 5.41. The lowest BCUT2D eigenvalue weighted by Crippen LogP contribution is -2.46. The SMILES string of the molecule is CC1(C)C=C(N=C=O)C(C)(C)N1[O]. The average molecular weight is 181 g/mol. The lowest BCUT2D eigenvalue weighted by molar-refractivity contribution is -0.238. The van der Waals surface area contributed by atoms with Crippen molar-refractivity contribution < 1.29 is 10.0 Å². The van der Waals surface area contributed by atoms with E-state index in [0.29, 0.717) is 5.70 Å². The first-order valence-corrected chi connectivity index (χ1v) is 4.11. The van der Waals surface area contributed by atoms with Crippen molar-refractivity contribution in [2.24, 2.45) is 4.99 Å². The molecule has 0 N–H and O–H groups in total. The van der Waals surface area contributed by atoms with Crippen LogP contribution in [-0.4, -0.2) is 22.2 Å². The molecule has 71 valence electrons. The van der Waals surface area contributed by atoms with Crippen LogP contribution < -0.4 is 0 Å². The Bertz CT molecular complexity index is 299. The molecule has 4 heteroatoms. The number of aliphatic imine (C=N–C) groups is 1. The van der Waals surface area contributed by atoms with Gasteiger partial charge in [-0.05, 0) is 33.8 Å². The van der Waals surface area contributed by atoms with Gasteiger partial charge in [0.25, 0.3) is 0 Å². The van der Waals surface area contributed by atoms with Gasteiger partial charge in [-0.1, -0.05) is 0 Å². The summed E-state index contributed by atoms with van der Waals surface area (Å²) in [6.45, 7) is 7.05. The van der Waals surface area contributed by atoms with Crippen LogP contribution in [0.25, 0.3) is 0 Å². The standard InChI is InChI=1S/C9H13N2O2/c1-8(2)5-7(10-6-12)9(3,4)11(8)13/h5H,1-4H3. The fraction of sp³-hybridized carbons (Fsp3) is 0.667. The Kier molecular flexibility index (Phi) is 2.16. The maximum atomic E-state index is 11.7. The third kappa shape index (κ3) is 1.44. The molecule has 0 amide bonds. The van der Waals surface area contributed by atoms with E-state index >= 15 is 0 Å². The Balaban J connectivity index is 3.16. The first-order valence-electron chi connectivity index (χ1n) is 4.11. The second-order valence-electron chi connectivity index (χ2n) is 4.24. The van der Waals surface area contributed by atoms with Gasteiger partial charge in [0.1, 0.15) is 0 Å². The van der Waals surface area contributed by atoms with E-state index < -0.39 is 11.1 Å². The number of hydrogen-bond acceptors (Lipinski definition) is 3. The second kappa shape index (κ2) is 2.77. The van der Waals surface area contributed by atoms with Gasteiger partial charge in [-0.3, -0.25) is 0 Å². The highest BCUT2D eigenvalue weighted by Crippen LogP contribution is 2.38. The first kappa shape index (κ1) is 10.1. The van der Waals surface area contributed by atoms with Crippen LogP contribution >= 0.6 is 0 Å². The largest absolute Gasteiger partial charge is 0.240 e. The molecule has 1 rings (SSSR count). The topological polar surface area (TPSA) is 52.6 Å². The van der Waals surface area contributed by atoms with E-state index in [-0.39, 0.29) is 0 Å². The lowest BCUT2D eigenvalue weighted by Gasteiger charge is -2.32. The minimum absolute atomic E-state index is 0.488. The molecule has 0 unspecified atom stereocenters. The summed E-state index contributed by atoms with van der Waals surface area (Å²) in [5.74, 6) is 0. The molecule has 0 atom stereocenters. The van der Waals surface area contributed by atoms with Crippen molar-refractivity contribution in [1.82, 2.24) is 5.06 Å². The van der Waals surface area contributed by atoms with Crippen molar-refractivity contribution in [3.63, 3.8) is 0 Å². The summed E-state index contributed by atoms with van der Waals surface area (Å²) in [5, 5.41) is 12.6. The fourth-order valence-electron chi connectivity index (χ4n) is 1.61. The van der Waals surface area contributed by atoms with E-state index in [2.05, 4.69) is 4.99 Å². The molecule has 4 nitrogen and oxygen atoms in total. The van der Waals surface area contributed by atoms with Gasteiger partial charge in [-0.2, -0.15) is 4.99 Å². The van der Waals surface area contributed by atoms with Crippen molar-refractivity contribution in [3.05, 3.63) is 11.8 Å². The molecule has 0 aromatic carbocycles. The van der Waals surface area contributed by atoms with Gasteiger partial charge < -0.3 is 0 Å². The van der Waals surface area contributed by atoms with Gasteiger partial charge in [0.05, 0.1) is 16.8 Å². The third-order valence-electron chi connectivity index (χ3n) is 2.31. The molecule has 1 aliphatic heterocycles. The summed E-state index contributed by atoms with van der Waals surface area (Å²) in [5.41, 5.74) is -0.845. The van der Waals surface area contributed by atoms with Crippen LogP contribution in [0.15, 0.2) is 16.8 Å². The van der Waals surface area contributed by atoms with Crippen LogP contribution in [0.1, 0.15) is 27.7 Å². The van der Waals surface area contributed by atoms with Gasteiger partial charge in [-0.25, -0.2) is 4.79 Å². The van der Waals surface area contributed by atoms with Crippen molar-refractivity contribution in [2.45, 2.75) is 38.8 Å². The summed E-state index contributed by atoms with van der Waals surface area (Å²) in [6, 6.07) is 0. The normalized spacial score (nSPS) is 25.2. The molecule has 1 heterocycles. The fourth-order valence-corrected chi connectivity index (χ4v) is 1.61. The zero-order valence-electron chi connectivity index (χ0n) is 8.29. The molecule has 0 aliphatic carbocycles. The smallest absolute Gasteiger partial charge is 0.211 e. The second-order valence-corrected chi connectivity index (χ2v) is 4.24. The molecular formula is C9H13N2O2. The van der Waals surface area contributed by atoms with E-state index in [0.717, 1.165) is 5.06 Å². The molecule has 1 radical (unpaired) electrons. The summed E-state index contributed by atoms with van der Waals surface area (Å²) < 4.78 is 0. The molecular weight excluding hydrogens is 168 g/mol. The van der Waals surface area contributed by atoms with Gasteiger partial charge in [0, 0.05) is 0 Å². The summed E-state index contributed by atoms with van der Waals surface area (Å²) in [6.07, 6.45) is 3.16. The Morgan fingerprint density at radius 2 is 1.92 bits per heavy atom. The molecule has 0 fully saturated rings. The van der Waals surface area contributed by atoms with Crippen LogP contribution in [0.4, 0.5) is 0 Å². The van der Waals surface area contributed by atoms with Gasteiger partial charge in [-0.15, -0.1) is 10.3 Å². The maximum absolute atomic E-state index is 11.7. The quantitative estimate of drug-likeness (QED) is 0.454. The third-order valence-corrected chi connectivity index (χ3v) is 2.31. The number of rotatable bonds is 1. The average Bonchev–Trinajstić information content (AvgIpc) is 2.14.